The van der Waals surface area contributed by atoms with Crippen molar-refractivity contribution in [3.05, 3.63) is 64.7 Å². The largest absolute Gasteiger partial charge is 0.478 e. The Morgan fingerprint density at radius 3 is 2.07 bits per heavy atom. The zero-order valence-electron chi connectivity index (χ0n) is 16.1. The number of hydrogen-bond donors (Lipinski definition) is 2. The molecule has 1 atom stereocenters. The molecular weight excluding hydrogens is 416 g/mol. The predicted octanol–water partition coefficient (Wildman–Crippen LogP) is 3.13. The summed E-state index contributed by atoms with van der Waals surface area (Å²) in [5.41, 5.74) is 6.17. The minimum Gasteiger partial charge on any atom is -0.478 e. The fourth-order valence-electron chi connectivity index (χ4n) is 2.86. The van der Waals surface area contributed by atoms with E-state index in [0.717, 1.165) is 4.31 Å². The Morgan fingerprint density at radius 2 is 1.62 bits per heavy atom. The number of carbonyl (C=O) groups is 2. The lowest BCUT2D eigenvalue weighted by Gasteiger charge is -2.30. The van der Waals surface area contributed by atoms with E-state index in [4.69, 9.17) is 22.4 Å². The van der Waals surface area contributed by atoms with Crippen LogP contribution in [0.5, 0.6) is 0 Å². The number of carboxylic acids is 1. The Hall–Kier alpha value is -2.42. The van der Waals surface area contributed by atoms with Crippen LogP contribution >= 0.6 is 11.6 Å². The van der Waals surface area contributed by atoms with E-state index >= 15 is 0 Å². The Morgan fingerprint density at radius 1 is 1.07 bits per heavy atom. The lowest BCUT2D eigenvalue weighted by Crippen LogP contribution is -2.48. The number of hydrogen-bond acceptors (Lipinski definition) is 4. The molecule has 0 saturated heterocycles. The molecule has 9 heteroatoms. The van der Waals surface area contributed by atoms with Gasteiger partial charge in [0.25, 0.3) is 0 Å². The van der Waals surface area contributed by atoms with Gasteiger partial charge in [-0.05, 0) is 54.3 Å². The van der Waals surface area contributed by atoms with Crippen molar-refractivity contribution in [3.63, 3.8) is 0 Å². The van der Waals surface area contributed by atoms with Gasteiger partial charge in [0.2, 0.25) is 15.9 Å². The average Bonchev–Trinajstić information content (AvgIpc) is 2.64. The van der Waals surface area contributed by atoms with Crippen LogP contribution in [0.25, 0.3) is 0 Å². The molecule has 0 radical (unpaired) electrons. The van der Waals surface area contributed by atoms with Gasteiger partial charge in [-0.2, -0.15) is 4.31 Å². The maximum absolute atomic E-state index is 13.3. The van der Waals surface area contributed by atoms with Gasteiger partial charge >= 0.3 is 5.97 Å². The first-order valence-corrected chi connectivity index (χ1v) is 10.7. The molecule has 0 bridgehead atoms. The summed E-state index contributed by atoms with van der Waals surface area (Å²) in [6.07, 6.45) is 0.245. The molecule has 1 amide bonds. The number of aromatic carboxylic acids is 1. The summed E-state index contributed by atoms with van der Waals surface area (Å²) in [5.74, 6) is -1.82. The topological polar surface area (TPSA) is 118 Å². The molecule has 2 aromatic carbocycles. The van der Waals surface area contributed by atoms with Crippen LogP contribution in [-0.4, -0.2) is 35.7 Å². The molecule has 0 saturated carbocycles. The number of sulfonamides is 1. The maximum atomic E-state index is 13.3. The molecule has 156 valence electrons. The second-order valence-corrected chi connectivity index (χ2v) is 9.38. The summed E-state index contributed by atoms with van der Waals surface area (Å²) in [6, 6.07) is 10.4. The highest BCUT2D eigenvalue weighted by molar-refractivity contribution is 7.89. The number of nitrogens with two attached hydrogens (primary N) is 1. The highest BCUT2D eigenvalue weighted by atomic mass is 35.5. The molecule has 0 unspecified atom stereocenters. The lowest BCUT2D eigenvalue weighted by molar-refractivity contribution is -0.122. The summed E-state index contributed by atoms with van der Waals surface area (Å²) < 4.78 is 27.7. The predicted molar refractivity (Wildman–Crippen MR) is 110 cm³/mol. The number of benzene rings is 2. The van der Waals surface area contributed by atoms with Crippen molar-refractivity contribution in [2.45, 2.75) is 37.8 Å². The van der Waals surface area contributed by atoms with Gasteiger partial charge < -0.3 is 10.8 Å². The summed E-state index contributed by atoms with van der Waals surface area (Å²) in [6.45, 7) is 3.60. The quantitative estimate of drug-likeness (QED) is 0.623. The van der Waals surface area contributed by atoms with Crippen molar-refractivity contribution in [1.29, 1.82) is 0 Å². The third kappa shape index (κ3) is 5.79. The van der Waals surface area contributed by atoms with Gasteiger partial charge in [-0.3, -0.25) is 4.79 Å². The van der Waals surface area contributed by atoms with Crippen LogP contribution in [0.2, 0.25) is 5.02 Å². The molecule has 3 N–H and O–H groups in total. The first-order valence-electron chi connectivity index (χ1n) is 8.91. The Kier molecular flexibility index (Phi) is 7.40. The van der Waals surface area contributed by atoms with Gasteiger partial charge in [-0.25, -0.2) is 13.2 Å². The van der Waals surface area contributed by atoms with Crippen LogP contribution in [0.3, 0.4) is 0 Å². The van der Waals surface area contributed by atoms with Crippen molar-refractivity contribution < 1.29 is 23.1 Å². The Bertz CT molecular complexity index is 973. The van der Waals surface area contributed by atoms with Crippen LogP contribution < -0.4 is 5.73 Å². The first-order chi connectivity index (χ1) is 13.5. The molecule has 29 heavy (non-hydrogen) atoms. The van der Waals surface area contributed by atoms with Crippen LogP contribution in [0, 0.1) is 5.92 Å². The van der Waals surface area contributed by atoms with E-state index in [9.17, 15) is 18.0 Å². The summed E-state index contributed by atoms with van der Waals surface area (Å²) in [5, 5.41) is 9.42. The molecule has 0 aliphatic carbocycles. The number of carboxylic acid groups (broad SMARTS) is 1. The lowest BCUT2D eigenvalue weighted by atomic mass is 10.0. The van der Waals surface area contributed by atoms with Crippen molar-refractivity contribution in [1.82, 2.24) is 4.31 Å². The van der Waals surface area contributed by atoms with E-state index < -0.39 is 27.9 Å². The Labute approximate surface area is 175 Å². The van der Waals surface area contributed by atoms with Gasteiger partial charge in [0.1, 0.15) is 6.04 Å². The van der Waals surface area contributed by atoms with Gasteiger partial charge in [0, 0.05) is 11.6 Å². The molecule has 2 rings (SSSR count). The number of rotatable bonds is 9. The third-order valence-corrected chi connectivity index (χ3v) is 6.45. The van der Waals surface area contributed by atoms with Crippen molar-refractivity contribution in [2.75, 3.05) is 0 Å². The average molecular weight is 439 g/mol. The number of carbonyl (C=O) groups excluding carboxylic acids is 1. The highest BCUT2D eigenvalue weighted by Gasteiger charge is 2.35. The van der Waals surface area contributed by atoms with E-state index in [-0.39, 0.29) is 29.3 Å². The van der Waals surface area contributed by atoms with Crippen LogP contribution in [-0.2, 0) is 21.4 Å². The molecule has 0 heterocycles. The first kappa shape index (κ1) is 22.9. The normalized spacial score (nSPS) is 12.9. The summed E-state index contributed by atoms with van der Waals surface area (Å²) in [4.78, 5) is 23.2. The summed E-state index contributed by atoms with van der Waals surface area (Å²) >= 11 is 5.86. The van der Waals surface area contributed by atoms with Gasteiger partial charge in [0.15, 0.2) is 0 Å². The van der Waals surface area contributed by atoms with Gasteiger partial charge in [-0.15, -0.1) is 0 Å². The second-order valence-electron chi connectivity index (χ2n) is 7.05. The minimum atomic E-state index is -4.07. The fraction of sp³-hybridized carbons (Fsp3) is 0.300. The van der Waals surface area contributed by atoms with E-state index in [1.807, 2.05) is 13.8 Å². The van der Waals surface area contributed by atoms with Crippen LogP contribution in [0.4, 0.5) is 0 Å². The molecule has 0 fully saturated rings. The zero-order chi connectivity index (χ0) is 21.8. The standard InChI is InChI=1S/C20H23ClN2O5S/c1-13(2)11-18(19(22)24)23(12-14-3-5-15(6-4-14)20(25)26)29(27,28)17-9-7-16(21)8-10-17/h3-10,13,18H,11-12H2,1-2H3,(H2,22,24)(H,25,26)/t18-/m0/s1. The van der Waals surface area contributed by atoms with E-state index in [1.54, 1.807) is 0 Å². The van der Waals surface area contributed by atoms with Crippen LogP contribution in [0.15, 0.2) is 53.4 Å². The molecule has 0 aliphatic heterocycles. The van der Waals surface area contributed by atoms with Gasteiger partial charge in [0.05, 0.1) is 10.5 Å². The molecule has 7 nitrogen and oxygen atoms in total. The summed E-state index contributed by atoms with van der Waals surface area (Å²) in [7, 11) is -4.07. The molecule has 0 spiro atoms. The molecule has 0 aliphatic rings. The fourth-order valence-corrected chi connectivity index (χ4v) is 4.58. The minimum absolute atomic E-state index is 0.0148. The molecular formula is C20H23ClN2O5S. The van der Waals surface area contributed by atoms with Crippen molar-refractivity contribution in [3.8, 4) is 0 Å². The monoisotopic (exact) mass is 438 g/mol. The van der Waals surface area contributed by atoms with Crippen molar-refractivity contribution in [2.24, 2.45) is 11.7 Å². The molecule has 2 aromatic rings. The highest BCUT2D eigenvalue weighted by Crippen LogP contribution is 2.25. The number of primary amides is 1. The third-order valence-electron chi connectivity index (χ3n) is 4.33. The van der Waals surface area contributed by atoms with Crippen molar-refractivity contribution >= 4 is 33.5 Å². The second kappa shape index (κ2) is 9.39. The maximum Gasteiger partial charge on any atom is 0.335 e. The zero-order valence-corrected chi connectivity index (χ0v) is 17.7. The number of nitrogens with zero attached hydrogens (tertiary/aromatic N) is 1. The number of amides is 1. The van der Waals surface area contributed by atoms with E-state index in [2.05, 4.69) is 0 Å². The van der Waals surface area contributed by atoms with Crippen LogP contribution in [0.1, 0.15) is 36.2 Å². The Balaban J connectivity index is 2.50. The molecule has 0 aromatic heterocycles. The smallest absolute Gasteiger partial charge is 0.335 e. The van der Waals surface area contributed by atoms with Gasteiger partial charge in [-0.1, -0.05) is 37.6 Å². The van der Waals surface area contributed by atoms with E-state index in [1.165, 1.54) is 48.5 Å². The van der Waals surface area contributed by atoms with E-state index in [0.29, 0.717) is 10.6 Å². The number of halogens is 1. The SMILES string of the molecule is CC(C)C[C@@H](C(N)=O)N(Cc1ccc(C(=O)O)cc1)S(=O)(=O)c1ccc(Cl)cc1.